The van der Waals surface area contributed by atoms with E-state index in [1.165, 1.54) is 23.5 Å². The van der Waals surface area contributed by atoms with Crippen LogP contribution >= 0.6 is 0 Å². The average Bonchev–Trinajstić information content (AvgIpc) is 2.80. The van der Waals surface area contributed by atoms with E-state index in [1.807, 2.05) is 11.9 Å². The first-order chi connectivity index (χ1) is 9.06. The molecule has 4 nitrogen and oxygen atoms in total. The van der Waals surface area contributed by atoms with Gasteiger partial charge in [-0.1, -0.05) is 29.8 Å². The molecule has 1 N–H and O–H groups in total. The van der Waals surface area contributed by atoms with Crippen molar-refractivity contribution in [1.82, 2.24) is 4.90 Å². The molecule has 0 unspecified atom stereocenters. The van der Waals surface area contributed by atoms with Gasteiger partial charge in [-0.15, -0.1) is 0 Å². The van der Waals surface area contributed by atoms with Crippen molar-refractivity contribution in [2.75, 3.05) is 7.05 Å². The minimum Gasteiger partial charge on any atom is -0.478 e. The fraction of sp³-hybridized carbons (Fsp3) is 0.267. The molecule has 0 atom stereocenters. The molecule has 0 radical (unpaired) electrons. The molecule has 0 saturated carbocycles. The summed E-state index contributed by atoms with van der Waals surface area (Å²) in [5, 5.41) is 9.01. The predicted molar refractivity (Wildman–Crippen MR) is 72.0 cm³/mol. The Balaban J connectivity index is 2.01. The van der Waals surface area contributed by atoms with Gasteiger partial charge in [0.25, 0.3) is 0 Å². The lowest BCUT2D eigenvalue weighted by Crippen LogP contribution is -2.18. The van der Waals surface area contributed by atoms with Gasteiger partial charge in [0.05, 0.1) is 12.8 Å². The number of carbonyl (C=O) groups is 1. The van der Waals surface area contributed by atoms with Gasteiger partial charge in [-0.3, -0.25) is 4.90 Å². The summed E-state index contributed by atoms with van der Waals surface area (Å²) in [5.41, 5.74) is 2.65. The molecule has 2 rings (SSSR count). The Labute approximate surface area is 112 Å². The van der Waals surface area contributed by atoms with E-state index in [9.17, 15) is 4.79 Å². The second kappa shape index (κ2) is 5.71. The van der Waals surface area contributed by atoms with Crippen molar-refractivity contribution in [3.63, 3.8) is 0 Å². The Morgan fingerprint density at radius 2 is 1.89 bits per heavy atom. The SMILES string of the molecule is Cc1ccc(CN(C)Cc2occc2C(=O)O)cc1. The average molecular weight is 259 g/mol. The van der Waals surface area contributed by atoms with Gasteiger partial charge in [-0.2, -0.15) is 0 Å². The predicted octanol–water partition coefficient (Wildman–Crippen LogP) is 2.92. The minimum atomic E-state index is -0.951. The molecule has 1 aromatic heterocycles. The number of benzene rings is 1. The molecule has 0 aliphatic carbocycles. The Morgan fingerprint density at radius 1 is 1.21 bits per heavy atom. The van der Waals surface area contributed by atoms with Crippen LogP contribution in [0.5, 0.6) is 0 Å². The lowest BCUT2D eigenvalue weighted by atomic mass is 10.1. The lowest BCUT2D eigenvalue weighted by molar-refractivity contribution is 0.0693. The summed E-state index contributed by atoms with van der Waals surface area (Å²) in [7, 11) is 1.94. The summed E-state index contributed by atoms with van der Waals surface area (Å²) in [6.45, 7) is 3.28. The van der Waals surface area contributed by atoms with E-state index in [2.05, 4.69) is 31.2 Å². The van der Waals surface area contributed by atoms with Gasteiger partial charge in [0.15, 0.2) is 0 Å². The molecule has 0 spiro atoms. The molecular weight excluding hydrogens is 242 g/mol. The van der Waals surface area contributed by atoms with Crippen molar-refractivity contribution in [2.45, 2.75) is 20.0 Å². The van der Waals surface area contributed by atoms with Gasteiger partial charge in [0, 0.05) is 6.54 Å². The van der Waals surface area contributed by atoms with Crippen LogP contribution in [0.3, 0.4) is 0 Å². The smallest absolute Gasteiger partial charge is 0.339 e. The Hall–Kier alpha value is -2.07. The molecule has 1 heterocycles. The topological polar surface area (TPSA) is 53.7 Å². The zero-order valence-electron chi connectivity index (χ0n) is 11.1. The molecule has 19 heavy (non-hydrogen) atoms. The van der Waals surface area contributed by atoms with E-state index in [1.54, 1.807) is 0 Å². The molecule has 0 fully saturated rings. The van der Waals surface area contributed by atoms with Gasteiger partial charge in [0.2, 0.25) is 0 Å². The highest BCUT2D eigenvalue weighted by atomic mass is 16.4. The van der Waals surface area contributed by atoms with Gasteiger partial charge in [-0.25, -0.2) is 4.79 Å². The van der Waals surface area contributed by atoms with Crippen LogP contribution in [-0.4, -0.2) is 23.0 Å². The number of hydrogen-bond acceptors (Lipinski definition) is 3. The van der Waals surface area contributed by atoms with E-state index in [0.717, 1.165) is 6.54 Å². The van der Waals surface area contributed by atoms with Crippen molar-refractivity contribution in [1.29, 1.82) is 0 Å². The molecule has 0 saturated heterocycles. The largest absolute Gasteiger partial charge is 0.478 e. The first-order valence-electron chi connectivity index (χ1n) is 6.10. The third-order valence-electron chi connectivity index (χ3n) is 2.96. The summed E-state index contributed by atoms with van der Waals surface area (Å²) in [4.78, 5) is 13.0. The number of nitrogens with zero attached hydrogens (tertiary/aromatic N) is 1. The van der Waals surface area contributed by atoms with Gasteiger partial charge < -0.3 is 9.52 Å². The van der Waals surface area contributed by atoms with Crippen LogP contribution in [-0.2, 0) is 13.1 Å². The maximum absolute atomic E-state index is 11.0. The highest BCUT2D eigenvalue weighted by molar-refractivity contribution is 5.88. The Kier molecular flexibility index (Phi) is 4.02. The van der Waals surface area contributed by atoms with Crippen LogP contribution in [0, 0.1) is 6.92 Å². The van der Waals surface area contributed by atoms with Crippen LogP contribution in [0.1, 0.15) is 27.2 Å². The fourth-order valence-electron chi connectivity index (χ4n) is 1.96. The number of hydrogen-bond donors (Lipinski definition) is 1. The summed E-state index contributed by atoms with van der Waals surface area (Å²) in [6.07, 6.45) is 1.42. The van der Waals surface area contributed by atoms with E-state index in [4.69, 9.17) is 9.52 Å². The highest BCUT2D eigenvalue weighted by Gasteiger charge is 2.14. The van der Waals surface area contributed by atoms with Crippen LogP contribution in [0.25, 0.3) is 0 Å². The van der Waals surface area contributed by atoms with Gasteiger partial charge >= 0.3 is 5.97 Å². The van der Waals surface area contributed by atoms with E-state index >= 15 is 0 Å². The van der Waals surface area contributed by atoms with Crippen LogP contribution in [0.4, 0.5) is 0 Å². The quantitative estimate of drug-likeness (QED) is 0.897. The van der Waals surface area contributed by atoms with Crippen LogP contribution in [0.15, 0.2) is 41.0 Å². The van der Waals surface area contributed by atoms with Crippen LogP contribution < -0.4 is 0 Å². The zero-order valence-corrected chi connectivity index (χ0v) is 11.1. The fourth-order valence-corrected chi connectivity index (χ4v) is 1.96. The van der Waals surface area contributed by atoms with Crippen molar-refractivity contribution < 1.29 is 14.3 Å². The molecule has 0 aliphatic heterocycles. The number of aryl methyl sites for hydroxylation is 1. The molecule has 0 bridgehead atoms. The monoisotopic (exact) mass is 259 g/mol. The van der Waals surface area contributed by atoms with Crippen molar-refractivity contribution in [2.24, 2.45) is 0 Å². The normalized spacial score (nSPS) is 10.9. The van der Waals surface area contributed by atoms with Crippen molar-refractivity contribution in [3.05, 3.63) is 59.0 Å². The molecule has 4 heteroatoms. The Bertz CT molecular complexity index is 557. The maximum Gasteiger partial charge on any atom is 0.339 e. The minimum absolute atomic E-state index is 0.232. The van der Waals surface area contributed by atoms with Gasteiger partial charge in [0.1, 0.15) is 11.3 Å². The summed E-state index contributed by atoms with van der Waals surface area (Å²) in [5.74, 6) is -0.463. The van der Waals surface area contributed by atoms with Gasteiger partial charge in [-0.05, 0) is 25.6 Å². The lowest BCUT2D eigenvalue weighted by Gasteiger charge is -2.15. The number of rotatable bonds is 5. The molecule has 0 amide bonds. The third kappa shape index (κ3) is 3.45. The molecule has 2 aromatic rings. The summed E-state index contributed by atoms with van der Waals surface area (Å²) < 4.78 is 5.23. The standard InChI is InChI=1S/C15H17NO3/c1-11-3-5-12(6-4-11)9-16(2)10-14-13(15(17)18)7-8-19-14/h3-8H,9-10H2,1-2H3,(H,17,18). The molecule has 100 valence electrons. The molecular formula is C15H17NO3. The molecule has 1 aromatic carbocycles. The first kappa shape index (κ1) is 13.4. The summed E-state index contributed by atoms with van der Waals surface area (Å²) >= 11 is 0. The zero-order chi connectivity index (χ0) is 13.8. The van der Waals surface area contributed by atoms with Crippen molar-refractivity contribution in [3.8, 4) is 0 Å². The van der Waals surface area contributed by atoms with Crippen LogP contribution in [0.2, 0.25) is 0 Å². The van der Waals surface area contributed by atoms with E-state index in [-0.39, 0.29) is 5.56 Å². The second-order valence-corrected chi connectivity index (χ2v) is 4.72. The van der Waals surface area contributed by atoms with E-state index < -0.39 is 5.97 Å². The summed E-state index contributed by atoms with van der Waals surface area (Å²) in [6, 6.07) is 9.77. The highest BCUT2D eigenvalue weighted by Crippen LogP contribution is 2.14. The number of carboxylic acids is 1. The van der Waals surface area contributed by atoms with E-state index in [0.29, 0.717) is 12.3 Å². The van der Waals surface area contributed by atoms with Crippen molar-refractivity contribution >= 4 is 5.97 Å². The second-order valence-electron chi connectivity index (χ2n) is 4.72. The maximum atomic E-state index is 11.0. The first-order valence-corrected chi connectivity index (χ1v) is 6.10. The third-order valence-corrected chi connectivity index (χ3v) is 2.96. The molecule has 0 aliphatic rings. The number of carboxylic acid groups (broad SMARTS) is 1. The Morgan fingerprint density at radius 3 is 2.53 bits per heavy atom. The number of aromatic carboxylic acids is 1. The number of furan rings is 1.